The Labute approximate surface area is 166 Å². The molecule has 1 aliphatic rings. The Hall–Kier alpha value is -2.49. The molecular formula is C18H25N3O8. The highest BCUT2D eigenvalue weighted by Crippen LogP contribution is 2.37. The number of terminal acetylenes is 1. The van der Waals surface area contributed by atoms with Gasteiger partial charge in [-0.15, -0.1) is 6.42 Å². The Morgan fingerprint density at radius 2 is 2.17 bits per heavy atom. The molecule has 1 saturated heterocycles. The van der Waals surface area contributed by atoms with Crippen LogP contribution in [0.1, 0.15) is 27.0 Å². The molecule has 2 rings (SSSR count). The van der Waals surface area contributed by atoms with Crippen molar-refractivity contribution in [3.8, 4) is 12.3 Å². The summed E-state index contributed by atoms with van der Waals surface area (Å²) in [5.74, 6) is 1.60. The third-order valence-electron chi connectivity index (χ3n) is 4.30. The number of hydrogen-bond acceptors (Lipinski definition) is 9. The summed E-state index contributed by atoms with van der Waals surface area (Å²) in [5, 5.41) is 23.8. The van der Waals surface area contributed by atoms with Crippen molar-refractivity contribution in [2.45, 2.75) is 57.0 Å². The Morgan fingerprint density at radius 3 is 2.76 bits per heavy atom. The number of rotatable bonds is 8. The number of aromatic nitrogens is 2. The van der Waals surface area contributed by atoms with E-state index < -0.39 is 47.3 Å². The summed E-state index contributed by atoms with van der Waals surface area (Å²) in [4.78, 5) is 37.0. The summed E-state index contributed by atoms with van der Waals surface area (Å²) >= 11 is 0. The molecule has 1 aromatic rings. The van der Waals surface area contributed by atoms with Gasteiger partial charge in [-0.2, -0.15) is 0 Å². The SMILES string of the molecule is C#C[C@@]1(O)[C@H](O)[C@@H](COCN[C@@H](C)C(=O)OC(C)C)O[C@H]1n1ccc(=O)[nH]c1=O. The monoisotopic (exact) mass is 411 g/mol. The molecule has 1 aliphatic heterocycles. The van der Waals surface area contributed by atoms with Crippen LogP contribution in [0.25, 0.3) is 0 Å². The van der Waals surface area contributed by atoms with E-state index in [0.717, 1.165) is 16.8 Å². The van der Waals surface area contributed by atoms with Crippen molar-refractivity contribution in [3.05, 3.63) is 33.1 Å². The lowest BCUT2D eigenvalue weighted by Gasteiger charge is -2.26. The maximum Gasteiger partial charge on any atom is 0.330 e. The molecule has 1 fully saturated rings. The number of carbonyl (C=O) groups is 1. The second-order valence-corrected chi connectivity index (χ2v) is 6.89. The zero-order chi connectivity index (χ0) is 21.8. The van der Waals surface area contributed by atoms with E-state index in [1.165, 1.54) is 0 Å². The van der Waals surface area contributed by atoms with Gasteiger partial charge >= 0.3 is 11.7 Å². The van der Waals surface area contributed by atoms with E-state index in [1.807, 2.05) is 10.9 Å². The number of hydrogen-bond donors (Lipinski definition) is 4. The third kappa shape index (κ3) is 5.11. The molecule has 29 heavy (non-hydrogen) atoms. The summed E-state index contributed by atoms with van der Waals surface area (Å²) in [5.41, 5.74) is -3.72. The van der Waals surface area contributed by atoms with Gasteiger partial charge in [0.25, 0.3) is 5.56 Å². The predicted molar refractivity (Wildman–Crippen MR) is 99.7 cm³/mol. The molecule has 2 heterocycles. The standard InChI is InChI=1S/C18H25N3O8/c1-5-18(26)14(23)12(8-27-9-19-11(4)15(24)28-10(2)3)29-16(18)21-7-6-13(22)20-17(21)25/h1,6-7,10-12,14,16,19,23,26H,8-9H2,2-4H3,(H,20,22,25)/t11-,12+,14+,16+,18+/m0/s1. The molecule has 0 radical (unpaired) electrons. The summed E-state index contributed by atoms with van der Waals surface area (Å²) in [6, 6.07) is 0.432. The number of aromatic amines is 1. The van der Waals surface area contributed by atoms with Crippen molar-refractivity contribution in [1.29, 1.82) is 0 Å². The van der Waals surface area contributed by atoms with Crippen LogP contribution in [0.15, 0.2) is 21.9 Å². The van der Waals surface area contributed by atoms with Gasteiger partial charge in [-0.25, -0.2) is 4.79 Å². The third-order valence-corrected chi connectivity index (χ3v) is 4.30. The van der Waals surface area contributed by atoms with Gasteiger partial charge in [0.1, 0.15) is 18.2 Å². The number of esters is 1. The van der Waals surface area contributed by atoms with Crippen LogP contribution in [0.5, 0.6) is 0 Å². The summed E-state index contributed by atoms with van der Waals surface area (Å²) in [6.45, 7) is 4.80. The molecular weight excluding hydrogens is 386 g/mol. The average molecular weight is 411 g/mol. The van der Waals surface area contributed by atoms with Crippen LogP contribution >= 0.6 is 0 Å². The maximum atomic E-state index is 12.0. The minimum absolute atomic E-state index is 0.0707. The minimum atomic E-state index is -2.22. The highest BCUT2D eigenvalue weighted by Gasteiger charge is 2.55. The van der Waals surface area contributed by atoms with E-state index in [9.17, 15) is 24.6 Å². The predicted octanol–water partition coefficient (Wildman–Crippen LogP) is -1.94. The maximum absolute atomic E-state index is 12.0. The largest absolute Gasteiger partial charge is 0.462 e. The van der Waals surface area contributed by atoms with Crippen LogP contribution < -0.4 is 16.6 Å². The molecule has 11 heteroatoms. The van der Waals surface area contributed by atoms with Crippen molar-refractivity contribution >= 4 is 5.97 Å². The molecule has 0 aliphatic carbocycles. The Balaban J connectivity index is 1.99. The molecule has 0 spiro atoms. The van der Waals surface area contributed by atoms with E-state index in [1.54, 1.807) is 20.8 Å². The summed E-state index contributed by atoms with van der Waals surface area (Å²) in [7, 11) is 0. The molecule has 1 aromatic heterocycles. The molecule has 0 aromatic carbocycles. The van der Waals surface area contributed by atoms with Gasteiger partial charge in [-0.1, -0.05) is 5.92 Å². The van der Waals surface area contributed by atoms with Crippen LogP contribution in [0.2, 0.25) is 0 Å². The second-order valence-electron chi connectivity index (χ2n) is 6.89. The molecule has 0 amide bonds. The van der Waals surface area contributed by atoms with Crippen LogP contribution in [-0.4, -0.2) is 69.0 Å². The smallest absolute Gasteiger partial charge is 0.330 e. The Kier molecular flexibility index (Phi) is 7.34. The van der Waals surface area contributed by atoms with E-state index >= 15 is 0 Å². The van der Waals surface area contributed by atoms with Gasteiger partial charge < -0.3 is 24.4 Å². The topological polar surface area (TPSA) is 152 Å². The molecule has 11 nitrogen and oxygen atoms in total. The van der Waals surface area contributed by atoms with E-state index in [4.69, 9.17) is 20.6 Å². The molecule has 0 saturated carbocycles. The number of ether oxygens (including phenoxy) is 3. The first-order chi connectivity index (χ1) is 13.6. The fourth-order valence-corrected chi connectivity index (χ4v) is 2.73. The quantitative estimate of drug-likeness (QED) is 0.166. The van der Waals surface area contributed by atoms with Crippen molar-refractivity contribution in [3.63, 3.8) is 0 Å². The highest BCUT2D eigenvalue weighted by atomic mass is 16.6. The lowest BCUT2D eigenvalue weighted by molar-refractivity contribution is -0.150. The molecule has 4 N–H and O–H groups in total. The molecule has 0 bridgehead atoms. The summed E-state index contributed by atoms with van der Waals surface area (Å²) in [6.07, 6.45) is 2.15. The lowest BCUT2D eigenvalue weighted by atomic mass is 9.95. The first kappa shape index (κ1) is 22.8. The van der Waals surface area contributed by atoms with Gasteiger partial charge in [0.2, 0.25) is 0 Å². The second kappa shape index (κ2) is 9.34. The number of nitrogens with zero attached hydrogens (tertiary/aromatic N) is 1. The lowest BCUT2D eigenvalue weighted by Crippen LogP contribution is -2.48. The fourth-order valence-electron chi connectivity index (χ4n) is 2.73. The minimum Gasteiger partial charge on any atom is -0.462 e. The van der Waals surface area contributed by atoms with E-state index in [2.05, 4.69) is 5.32 Å². The highest BCUT2D eigenvalue weighted by molar-refractivity contribution is 5.75. The van der Waals surface area contributed by atoms with Crippen LogP contribution in [0.4, 0.5) is 0 Å². The van der Waals surface area contributed by atoms with Gasteiger partial charge in [-0.3, -0.25) is 24.5 Å². The van der Waals surface area contributed by atoms with Crippen molar-refractivity contribution in [1.82, 2.24) is 14.9 Å². The zero-order valence-corrected chi connectivity index (χ0v) is 16.3. The number of aliphatic hydroxyl groups excluding tert-OH is 1. The number of aliphatic hydroxyl groups is 2. The van der Waals surface area contributed by atoms with E-state index in [-0.39, 0.29) is 19.4 Å². The fraction of sp³-hybridized carbons (Fsp3) is 0.611. The molecule has 5 atom stereocenters. The van der Waals surface area contributed by atoms with Crippen LogP contribution in [0, 0.1) is 12.3 Å². The van der Waals surface area contributed by atoms with Gasteiger partial charge in [0.15, 0.2) is 11.8 Å². The van der Waals surface area contributed by atoms with Crippen LogP contribution in [0.3, 0.4) is 0 Å². The van der Waals surface area contributed by atoms with Crippen molar-refractivity contribution < 1.29 is 29.2 Å². The van der Waals surface area contributed by atoms with Crippen molar-refractivity contribution in [2.75, 3.05) is 13.3 Å². The molecule has 0 unspecified atom stereocenters. The van der Waals surface area contributed by atoms with Gasteiger partial charge in [-0.05, 0) is 20.8 Å². The van der Waals surface area contributed by atoms with Crippen LogP contribution in [-0.2, 0) is 19.0 Å². The average Bonchev–Trinajstić information content (AvgIpc) is 2.90. The Morgan fingerprint density at radius 1 is 1.48 bits per heavy atom. The first-order valence-electron chi connectivity index (χ1n) is 8.97. The van der Waals surface area contributed by atoms with E-state index in [0.29, 0.717) is 0 Å². The van der Waals surface area contributed by atoms with Crippen molar-refractivity contribution in [2.24, 2.45) is 0 Å². The normalized spacial score (nSPS) is 27.6. The number of carbonyl (C=O) groups excluding carboxylic acids is 1. The molecule has 160 valence electrons. The number of nitrogens with one attached hydrogen (secondary N) is 2. The zero-order valence-electron chi connectivity index (χ0n) is 16.3. The van der Waals surface area contributed by atoms with Gasteiger partial charge in [0.05, 0.1) is 19.4 Å². The first-order valence-corrected chi connectivity index (χ1v) is 8.97. The van der Waals surface area contributed by atoms with Gasteiger partial charge in [0, 0.05) is 12.3 Å². The summed E-state index contributed by atoms with van der Waals surface area (Å²) < 4.78 is 16.8. The number of H-pyrrole nitrogens is 1. The Bertz CT molecular complexity index is 873.